The third-order valence-corrected chi connectivity index (χ3v) is 4.41. The van der Waals surface area contributed by atoms with Crippen molar-refractivity contribution >= 4 is 28.1 Å². The number of amides is 1. The highest BCUT2D eigenvalue weighted by Crippen LogP contribution is 2.36. The van der Waals surface area contributed by atoms with E-state index in [0.29, 0.717) is 23.9 Å². The molecule has 1 amide bonds. The molecule has 0 bridgehead atoms. The molecular formula is C21H19BrN2O4. The summed E-state index contributed by atoms with van der Waals surface area (Å²) in [5.74, 6) is 1.60. The maximum Gasteiger partial charge on any atom is 0.307 e. The SMILES string of the molecule is COc1cc(/C=N\NC(=O)c2ccc(C)o2)cc(Br)c1OCc1ccccc1. The molecule has 7 heteroatoms. The predicted molar refractivity (Wildman–Crippen MR) is 110 cm³/mol. The van der Waals surface area contributed by atoms with Crippen molar-refractivity contribution < 1.29 is 18.7 Å². The molecule has 0 atom stereocenters. The van der Waals surface area contributed by atoms with Crippen LogP contribution in [0.4, 0.5) is 0 Å². The van der Waals surface area contributed by atoms with Crippen molar-refractivity contribution in [1.82, 2.24) is 5.43 Å². The molecular weight excluding hydrogens is 424 g/mol. The van der Waals surface area contributed by atoms with E-state index in [9.17, 15) is 4.79 Å². The number of methoxy groups -OCH3 is 1. The van der Waals surface area contributed by atoms with Gasteiger partial charge >= 0.3 is 5.91 Å². The minimum absolute atomic E-state index is 0.207. The van der Waals surface area contributed by atoms with Crippen molar-refractivity contribution in [3.05, 3.63) is 81.7 Å². The van der Waals surface area contributed by atoms with Gasteiger partial charge in [-0.2, -0.15) is 5.10 Å². The largest absolute Gasteiger partial charge is 0.493 e. The Kier molecular flexibility index (Phi) is 6.49. The van der Waals surface area contributed by atoms with E-state index in [-0.39, 0.29) is 5.76 Å². The zero-order valence-corrected chi connectivity index (χ0v) is 17.0. The molecule has 0 saturated heterocycles. The lowest BCUT2D eigenvalue weighted by atomic mass is 10.2. The molecule has 1 aromatic heterocycles. The Hall–Kier alpha value is -3.06. The Labute approximate surface area is 171 Å². The number of carbonyl (C=O) groups is 1. The molecule has 2 aromatic carbocycles. The number of hydrogen-bond acceptors (Lipinski definition) is 5. The molecule has 0 aliphatic heterocycles. The molecule has 0 spiro atoms. The van der Waals surface area contributed by atoms with Crippen LogP contribution in [-0.4, -0.2) is 19.2 Å². The second-order valence-corrected chi connectivity index (χ2v) is 6.77. The van der Waals surface area contributed by atoms with E-state index in [1.165, 1.54) is 6.21 Å². The highest BCUT2D eigenvalue weighted by molar-refractivity contribution is 9.10. The minimum atomic E-state index is -0.418. The van der Waals surface area contributed by atoms with Gasteiger partial charge in [0.05, 0.1) is 17.8 Å². The summed E-state index contributed by atoms with van der Waals surface area (Å²) in [5.41, 5.74) is 4.21. The molecule has 0 radical (unpaired) electrons. The van der Waals surface area contributed by atoms with Gasteiger partial charge in [0.25, 0.3) is 0 Å². The predicted octanol–water partition coefficient (Wildman–Crippen LogP) is 4.70. The summed E-state index contributed by atoms with van der Waals surface area (Å²) in [5, 5.41) is 3.97. The van der Waals surface area contributed by atoms with Gasteiger partial charge in [-0.1, -0.05) is 30.3 Å². The number of hydrazone groups is 1. The summed E-state index contributed by atoms with van der Waals surface area (Å²) in [6, 6.07) is 16.8. The fourth-order valence-electron chi connectivity index (χ4n) is 2.46. The molecule has 3 aromatic rings. The molecule has 0 saturated carbocycles. The summed E-state index contributed by atoms with van der Waals surface area (Å²) >= 11 is 3.50. The standard InChI is InChI=1S/C21H19BrN2O4/c1-14-8-9-18(28-14)21(25)24-23-12-16-10-17(22)20(19(11-16)26-2)27-13-15-6-4-3-5-7-15/h3-12H,13H2,1-2H3,(H,24,25)/b23-12-. The average molecular weight is 443 g/mol. The van der Waals surface area contributed by atoms with Crippen LogP contribution in [0.1, 0.15) is 27.4 Å². The lowest BCUT2D eigenvalue weighted by Gasteiger charge is -2.13. The van der Waals surface area contributed by atoms with Gasteiger partial charge in [0.2, 0.25) is 0 Å². The number of benzene rings is 2. The molecule has 3 rings (SSSR count). The van der Waals surface area contributed by atoms with Crippen LogP contribution in [0.2, 0.25) is 0 Å². The third-order valence-electron chi connectivity index (χ3n) is 3.82. The lowest BCUT2D eigenvalue weighted by molar-refractivity contribution is 0.0926. The first-order valence-corrected chi connectivity index (χ1v) is 9.30. The van der Waals surface area contributed by atoms with E-state index in [1.54, 1.807) is 32.2 Å². The normalized spacial score (nSPS) is 10.8. The number of nitrogens with zero attached hydrogens (tertiary/aromatic N) is 1. The van der Waals surface area contributed by atoms with Gasteiger partial charge < -0.3 is 13.9 Å². The van der Waals surface area contributed by atoms with Gasteiger partial charge in [0.15, 0.2) is 17.3 Å². The van der Waals surface area contributed by atoms with Gasteiger partial charge in [0.1, 0.15) is 12.4 Å². The van der Waals surface area contributed by atoms with E-state index in [4.69, 9.17) is 13.9 Å². The molecule has 28 heavy (non-hydrogen) atoms. The molecule has 1 N–H and O–H groups in total. The highest BCUT2D eigenvalue weighted by atomic mass is 79.9. The third kappa shape index (κ3) is 5.01. The smallest absolute Gasteiger partial charge is 0.307 e. The molecule has 1 heterocycles. The van der Waals surface area contributed by atoms with Crippen LogP contribution in [-0.2, 0) is 6.61 Å². The van der Waals surface area contributed by atoms with Gasteiger partial charge in [-0.25, -0.2) is 5.43 Å². The van der Waals surface area contributed by atoms with Crippen molar-refractivity contribution in [3.63, 3.8) is 0 Å². The van der Waals surface area contributed by atoms with E-state index < -0.39 is 5.91 Å². The highest BCUT2D eigenvalue weighted by Gasteiger charge is 2.12. The molecule has 0 fully saturated rings. The Balaban J connectivity index is 1.69. The van der Waals surface area contributed by atoms with Gasteiger partial charge in [-0.3, -0.25) is 4.79 Å². The van der Waals surface area contributed by atoms with Crippen LogP contribution >= 0.6 is 15.9 Å². The number of ether oxygens (including phenoxy) is 2. The van der Waals surface area contributed by atoms with E-state index in [0.717, 1.165) is 15.6 Å². The van der Waals surface area contributed by atoms with Gasteiger partial charge in [-0.05, 0) is 58.2 Å². The lowest BCUT2D eigenvalue weighted by Crippen LogP contribution is -2.16. The van der Waals surface area contributed by atoms with Crippen LogP contribution in [0.5, 0.6) is 11.5 Å². The van der Waals surface area contributed by atoms with Gasteiger partial charge in [0, 0.05) is 0 Å². The number of furan rings is 1. The second-order valence-electron chi connectivity index (χ2n) is 5.92. The van der Waals surface area contributed by atoms with Crippen molar-refractivity contribution in [3.8, 4) is 11.5 Å². The maximum atomic E-state index is 11.9. The summed E-state index contributed by atoms with van der Waals surface area (Å²) in [6.07, 6.45) is 1.52. The summed E-state index contributed by atoms with van der Waals surface area (Å²) in [4.78, 5) is 11.9. The number of carbonyl (C=O) groups excluding carboxylic acids is 1. The molecule has 0 aliphatic carbocycles. The number of aryl methyl sites for hydroxylation is 1. The fourth-order valence-corrected chi connectivity index (χ4v) is 3.04. The van der Waals surface area contributed by atoms with Crippen LogP contribution in [0, 0.1) is 6.92 Å². The summed E-state index contributed by atoms with van der Waals surface area (Å²) < 4.78 is 17.3. The van der Waals surface area contributed by atoms with E-state index >= 15 is 0 Å². The number of hydrogen-bond donors (Lipinski definition) is 1. The molecule has 0 aliphatic rings. The van der Waals surface area contributed by atoms with Crippen LogP contribution < -0.4 is 14.9 Å². The summed E-state index contributed by atoms with van der Waals surface area (Å²) in [7, 11) is 1.57. The zero-order chi connectivity index (χ0) is 19.9. The van der Waals surface area contributed by atoms with Crippen LogP contribution in [0.25, 0.3) is 0 Å². The molecule has 0 unspecified atom stereocenters. The van der Waals surface area contributed by atoms with E-state index in [2.05, 4.69) is 26.5 Å². The zero-order valence-electron chi connectivity index (χ0n) is 15.4. The molecule has 144 valence electrons. The minimum Gasteiger partial charge on any atom is -0.493 e. The maximum absolute atomic E-state index is 11.9. The topological polar surface area (TPSA) is 73.1 Å². The number of rotatable bonds is 7. The summed E-state index contributed by atoms with van der Waals surface area (Å²) in [6.45, 7) is 2.19. The first kappa shape index (κ1) is 19.7. The Bertz CT molecular complexity index is 983. The van der Waals surface area contributed by atoms with Crippen molar-refractivity contribution in [2.75, 3.05) is 7.11 Å². The fraction of sp³-hybridized carbons (Fsp3) is 0.143. The van der Waals surface area contributed by atoms with E-state index in [1.807, 2.05) is 36.4 Å². The first-order chi connectivity index (χ1) is 13.6. The van der Waals surface area contributed by atoms with Crippen molar-refractivity contribution in [2.24, 2.45) is 5.10 Å². The van der Waals surface area contributed by atoms with Crippen LogP contribution in [0.3, 0.4) is 0 Å². The number of halogens is 1. The van der Waals surface area contributed by atoms with Gasteiger partial charge in [-0.15, -0.1) is 0 Å². The monoisotopic (exact) mass is 442 g/mol. The quantitative estimate of drug-likeness (QED) is 0.424. The molecule has 6 nitrogen and oxygen atoms in total. The first-order valence-electron chi connectivity index (χ1n) is 8.51. The number of nitrogens with one attached hydrogen (secondary N) is 1. The average Bonchev–Trinajstić information content (AvgIpc) is 3.14. The Morgan fingerprint density at radius 2 is 2.00 bits per heavy atom. The Morgan fingerprint density at radius 3 is 2.68 bits per heavy atom. The second kappa shape index (κ2) is 9.23. The Morgan fingerprint density at radius 1 is 1.21 bits per heavy atom. The van der Waals surface area contributed by atoms with Crippen molar-refractivity contribution in [1.29, 1.82) is 0 Å². The van der Waals surface area contributed by atoms with Crippen molar-refractivity contribution in [2.45, 2.75) is 13.5 Å². The van der Waals surface area contributed by atoms with Crippen LogP contribution in [0.15, 0.2) is 68.6 Å².